The summed E-state index contributed by atoms with van der Waals surface area (Å²) in [5.74, 6) is -1.18. The van der Waals surface area contributed by atoms with Crippen molar-refractivity contribution >= 4 is 11.5 Å². The number of hydrogen-bond acceptors (Lipinski definition) is 1. The maximum atomic E-state index is 12.8. The van der Waals surface area contributed by atoms with E-state index in [-0.39, 0.29) is 16.7 Å². The SMILES string of the molecule is O=C(O)c1c(-c2cccc(C(F)(F)F)c2)cn2ccccc12. The number of fused-ring (bicyclic) bond motifs is 1. The lowest BCUT2D eigenvalue weighted by atomic mass is 10.0. The van der Waals surface area contributed by atoms with Crippen molar-refractivity contribution in [3.8, 4) is 11.1 Å². The Morgan fingerprint density at radius 3 is 2.55 bits per heavy atom. The van der Waals surface area contributed by atoms with E-state index in [0.717, 1.165) is 12.1 Å². The van der Waals surface area contributed by atoms with Gasteiger partial charge in [-0.15, -0.1) is 0 Å². The second-order valence-corrected chi connectivity index (χ2v) is 4.79. The number of benzene rings is 1. The van der Waals surface area contributed by atoms with E-state index in [9.17, 15) is 23.1 Å². The largest absolute Gasteiger partial charge is 0.478 e. The summed E-state index contributed by atoms with van der Waals surface area (Å²) in [6, 6.07) is 9.66. The number of aromatic nitrogens is 1. The van der Waals surface area contributed by atoms with Crippen LogP contribution in [-0.4, -0.2) is 15.5 Å². The van der Waals surface area contributed by atoms with Crippen LogP contribution in [0.5, 0.6) is 0 Å². The molecule has 1 N–H and O–H groups in total. The molecule has 2 heterocycles. The topological polar surface area (TPSA) is 41.7 Å². The van der Waals surface area contributed by atoms with Crippen molar-refractivity contribution in [2.24, 2.45) is 0 Å². The lowest BCUT2D eigenvalue weighted by Gasteiger charge is -2.08. The first kappa shape index (κ1) is 14.2. The summed E-state index contributed by atoms with van der Waals surface area (Å²) in [5, 5.41) is 9.41. The van der Waals surface area contributed by atoms with E-state index in [1.54, 1.807) is 28.8 Å². The molecule has 0 aliphatic rings. The van der Waals surface area contributed by atoms with Crippen LogP contribution in [-0.2, 0) is 6.18 Å². The molecule has 0 saturated heterocycles. The van der Waals surface area contributed by atoms with Gasteiger partial charge in [0.05, 0.1) is 16.6 Å². The lowest BCUT2D eigenvalue weighted by Crippen LogP contribution is -2.05. The summed E-state index contributed by atoms with van der Waals surface area (Å²) in [4.78, 5) is 11.5. The minimum Gasteiger partial charge on any atom is -0.478 e. The zero-order chi connectivity index (χ0) is 15.9. The predicted octanol–water partition coefficient (Wildman–Crippen LogP) is 4.32. The summed E-state index contributed by atoms with van der Waals surface area (Å²) in [6.07, 6.45) is -1.30. The standard InChI is InChI=1S/C16H10F3NO2/c17-16(18,19)11-5-3-4-10(8-11)12-9-20-7-2-1-6-13(20)14(12)15(21)22/h1-9H,(H,21,22). The predicted molar refractivity (Wildman–Crippen MR) is 74.8 cm³/mol. The van der Waals surface area contributed by atoms with Crippen molar-refractivity contribution in [2.75, 3.05) is 0 Å². The number of halogens is 3. The molecule has 0 fully saturated rings. The highest BCUT2D eigenvalue weighted by atomic mass is 19.4. The van der Waals surface area contributed by atoms with Gasteiger partial charge < -0.3 is 9.51 Å². The Bertz CT molecular complexity index is 865. The fourth-order valence-corrected chi connectivity index (χ4v) is 2.43. The second-order valence-electron chi connectivity index (χ2n) is 4.79. The summed E-state index contributed by atoms with van der Waals surface area (Å²) >= 11 is 0. The van der Waals surface area contributed by atoms with Crippen molar-refractivity contribution in [3.05, 3.63) is 66.0 Å². The highest BCUT2D eigenvalue weighted by Crippen LogP contribution is 2.34. The van der Waals surface area contributed by atoms with Gasteiger partial charge in [0, 0.05) is 18.0 Å². The fourth-order valence-electron chi connectivity index (χ4n) is 2.43. The molecule has 0 aliphatic heterocycles. The summed E-state index contributed by atoms with van der Waals surface area (Å²) in [6.45, 7) is 0. The molecular weight excluding hydrogens is 295 g/mol. The third-order valence-electron chi connectivity index (χ3n) is 3.40. The van der Waals surface area contributed by atoms with Gasteiger partial charge in [0.2, 0.25) is 0 Å². The number of pyridine rings is 1. The van der Waals surface area contributed by atoms with Crippen molar-refractivity contribution in [2.45, 2.75) is 6.18 Å². The van der Waals surface area contributed by atoms with Crippen molar-refractivity contribution in [1.82, 2.24) is 4.40 Å². The van der Waals surface area contributed by atoms with E-state index in [0.29, 0.717) is 5.52 Å². The molecule has 0 bridgehead atoms. The zero-order valence-electron chi connectivity index (χ0n) is 11.1. The third-order valence-corrected chi connectivity index (χ3v) is 3.40. The Morgan fingerprint density at radius 1 is 1.09 bits per heavy atom. The van der Waals surface area contributed by atoms with Crippen LogP contribution in [0.25, 0.3) is 16.6 Å². The van der Waals surface area contributed by atoms with Crippen LogP contribution in [0, 0.1) is 0 Å². The van der Waals surface area contributed by atoms with Gasteiger partial charge in [-0.25, -0.2) is 4.79 Å². The van der Waals surface area contributed by atoms with Crippen LogP contribution in [0.4, 0.5) is 13.2 Å². The van der Waals surface area contributed by atoms with Gasteiger partial charge in [-0.05, 0) is 29.8 Å². The number of nitrogens with zero attached hydrogens (tertiary/aromatic N) is 1. The number of aromatic carboxylic acids is 1. The van der Waals surface area contributed by atoms with Gasteiger partial charge in [0.1, 0.15) is 0 Å². The average Bonchev–Trinajstić information content (AvgIpc) is 2.86. The van der Waals surface area contributed by atoms with E-state index < -0.39 is 17.7 Å². The van der Waals surface area contributed by atoms with Gasteiger partial charge in [-0.2, -0.15) is 13.2 Å². The molecule has 22 heavy (non-hydrogen) atoms. The van der Waals surface area contributed by atoms with E-state index in [2.05, 4.69) is 0 Å². The highest BCUT2D eigenvalue weighted by molar-refractivity contribution is 6.03. The quantitative estimate of drug-likeness (QED) is 0.766. The molecule has 3 aromatic rings. The van der Waals surface area contributed by atoms with Gasteiger partial charge in [-0.3, -0.25) is 0 Å². The molecule has 2 aromatic heterocycles. The average molecular weight is 305 g/mol. The number of carboxylic acids is 1. The van der Waals surface area contributed by atoms with E-state index in [1.807, 2.05) is 0 Å². The van der Waals surface area contributed by atoms with Crippen LogP contribution in [0.2, 0.25) is 0 Å². The number of carboxylic acid groups (broad SMARTS) is 1. The Hall–Kier alpha value is -2.76. The van der Waals surface area contributed by atoms with Gasteiger partial charge in [0.15, 0.2) is 0 Å². The fraction of sp³-hybridized carbons (Fsp3) is 0.0625. The molecule has 1 aromatic carbocycles. The first-order chi connectivity index (χ1) is 10.4. The van der Waals surface area contributed by atoms with E-state index >= 15 is 0 Å². The van der Waals surface area contributed by atoms with Gasteiger partial charge in [0.25, 0.3) is 0 Å². The molecule has 3 nitrogen and oxygen atoms in total. The Balaban J connectivity index is 2.26. The second kappa shape index (κ2) is 4.91. The molecule has 0 aliphatic carbocycles. The van der Waals surface area contributed by atoms with Gasteiger partial charge >= 0.3 is 12.1 Å². The Labute approximate surface area is 123 Å². The van der Waals surface area contributed by atoms with Crippen LogP contribution in [0.15, 0.2) is 54.9 Å². The summed E-state index contributed by atoms with van der Waals surface area (Å²) in [7, 11) is 0. The molecule has 112 valence electrons. The molecule has 0 radical (unpaired) electrons. The molecular formula is C16H10F3NO2. The summed E-state index contributed by atoms with van der Waals surface area (Å²) < 4.78 is 40.1. The maximum Gasteiger partial charge on any atom is 0.416 e. The van der Waals surface area contributed by atoms with E-state index in [4.69, 9.17) is 0 Å². The smallest absolute Gasteiger partial charge is 0.416 e. The molecule has 0 atom stereocenters. The number of alkyl halides is 3. The highest BCUT2D eigenvalue weighted by Gasteiger charge is 2.31. The van der Waals surface area contributed by atoms with Crippen LogP contribution < -0.4 is 0 Å². The van der Waals surface area contributed by atoms with Crippen LogP contribution in [0.3, 0.4) is 0 Å². The maximum absolute atomic E-state index is 12.8. The van der Waals surface area contributed by atoms with Crippen molar-refractivity contribution < 1.29 is 23.1 Å². The van der Waals surface area contributed by atoms with Crippen molar-refractivity contribution in [3.63, 3.8) is 0 Å². The Morgan fingerprint density at radius 2 is 1.86 bits per heavy atom. The molecule has 3 rings (SSSR count). The lowest BCUT2D eigenvalue weighted by molar-refractivity contribution is -0.137. The minimum absolute atomic E-state index is 0.0140. The molecule has 0 amide bonds. The third kappa shape index (κ3) is 2.32. The molecule has 0 unspecified atom stereocenters. The molecule has 0 saturated carbocycles. The number of hydrogen-bond donors (Lipinski definition) is 1. The van der Waals surface area contributed by atoms with Crippen LogP contribution >= 0.6 is 0 Å². The van der Waals surface area contributed by atoms with Gasteiger partial charge in [-0.1, -0.05) is 18.2 Å². The minimum atomic E-state index is -4.47. The number of rotatable bonds is 2. The normalized spacial score (nSPS) is 11.8. The summed E-state index contributed by atoms with van der Waals surface area (Å²) in [5.41, 5.74) is 0.0830. The van der Waals surface area contributed by atoms with Crippen LogP contribution in [0.1, 0.15) is 15.9 Å². The van der Waals surface area contributed by atoms with E-state index in [1.165, 1.54) is 18.3 Å². The van der Waals surface area contributed by atoms with Crippen molar-refractivity contribution in [1.29, 1.82) is 0 Å². The monoisotopic (exact) mass is 305 g/mol. The molecule has 0 spiro atoms. The number of carbonyl (C=O) groups is 1. The zero-order valence-corrected chi connectivity index (χ0v) is 11.1. The Kier molecular flexibility index (Phi) is 3.16. The first-order valence-electron chi connectivity index (χ1n) is 6.38. The first-order valence-corrected chi connectivity index (χ1v) is 6.38. The molecule has 6 heteroatoms.